The van der Waals surface area contributed by atoms with Crippen LogP contribution in [0.15, 0.2) is 54.1 Å². The Labute approximate surface area is 238 Å². The molecule has 1 N–H and O–H groups in total. The Hall–Kier alpha value is -4.26. The molecule has 0 saturated carbocycles. The van der Waals surface area contributed by atoms with E-state index in [0.717, 1.165) is 49.6 Å². The van der Waals surface area contributed by atoms with Gasteiger partial charge >= 0.3 is 5.97 Å². The molecule has 41 heavy (non-hydrogen) atoms. The summed E-state index contributed by atoms with van der Waals surface area (Å²) in [5.41, 5.74) is 4.85. The molecule has 0 bridgehead atoms. The van der Waals surface area contributed by atoms with Gasteiger partial charge in [0.15, 0.2) is 0 Å². The second-order valence-corrected chi connectivity index (χ2v) is 10.5. The zero-order chi connectivity index (χ0) is 28.9. The number of rotatable bonds is 10. The zero-order valence-corrected chi connectivity index (χ0v) is 23.3. The summed E-state index contributed by atoms with van der Waals surface area (Å²) in [5.74, 6) is 0.158. The minimum absolute atomic E-state index is 0.0783. The van der Waals surface area contributed by atoms with Gasteiger partial charge < -0.3 is 19.1 Å². The number of nitriles is 1. The number of benzene rings is 2. The Morgan fingerprint density at radius 3 is 2.80 bits per heavy atom. The molecule has 0 spiro atoms. The predicted octanol–water partition coefficient (Wildman–Crippen LogP) is 5.35. The Kier molecular flexibility index (Phi) is 8.62. The van der Waals surface area contributed by atoms with Crippen molar-refractivity contribution in [2.24, 2.45) is 0 Å². The molecule has 3 heterocycles. The summed E-state index contributed by atoms with van der Waals surface area (Å²) in [6, 6.07) is 14.1. The SMILES string of the molecule is C/C(=C\c1nc(CN2CC=C(c3cccc(OCc4ccc(C#N)cc4F)c3)CC2)n(CC2CCO2)c1C)C(=O)O. The van der Waals surface area contributed by atoms with Crippen LogP contribution in [0, 0.1) is 24.1 Å². The van der Waals surface area contributed by atoms with Gasteiger partial charge in [0, 0.05) is 36.5 Å². The molecule has 1 atom stereocenters. The second-order valence-electron chi connectivity index (χ2n) is 10.5. The number of halogens is 1. The summed E-state index contributed by atoms with van der Waals surface area (Å²) in [7, 11) is 0. The molecule has 9 heteroatoms. The third-order valence-corrected chi connectivity index (χ3v) is 7.65. The molecular formula is C32H33FN4O4. The van der Waals surface area contributed by atoms with Crippen LogP contribution in [0.2, 0.25) is 0 Å². The Morgan fingerprint density at radius 1 is 1.32 bits per heavy atom. The van der Waals surface area contributed by atoms with E-state index in [9.17, 15) is 14.3 Å². The van der Waals surface area contributed by atoms with Gasteiger partial charge in [0.25, 0.3) is 0 Å². The number of nitrogens with zero attached hydrogens (tertiary/aromatic N) is 4. The first kappa shape index (κ1) is 28.3. The van der Waals surface area contributed by atoms with E-state index in [2.05, 4.69) is 21.6 Å². The molecule has 2 aliphatic heterocycles. The average Bonchev–Trinajstić information content (AvgIpc) is 3.23. The highest BCUT2D eigenvalue weighted by Gasteiger charge is 2.24. The van der Waals surface area contributed by atoms with Crippen molar-refractivity contribution in [1.82, 2.24) is 14.5 Å². The van der Waals surface area contributed by atoms with Gasteiger partial charge in [-0.1, -0.05) is 24.3 Å². The number of hydrogen-bond acceptors (Lipinski definition) is 6. The molecular weight excluding hydrogens is 523 g/mol. The standard InChI is InChI=1S/C32H33FN4O4/c1-21(32(38)39)14-30-22(2)37(18-28-10-13-40-28)31(35-30)19-36-11-8-24(9-12-36)25-4-3-5-27(16-25)41-20-26-7-6-23(17-34)15-29(26)33/h3-8,14-16,28H,9-13,18-20H2,1-2H3,(H,38,39)/b21-14+. The highest BCUT2D eigenvalue weighted by molar-refractivity contribution is 5.91. The first-order valence-electron chi connectivity index (χ1n) is 13.7. The van der Waals surface area contributed by atoms with Gasteiger partial charge in [-0.05, 0) is 68.2 Å². The van der Waals surface area contributed by atoms with E-state index in [0.29, 0.717) is 30.1 Å². The van der Waals surface area contributed by atoms with Crippen LogP contribution in [-0.4, -0.2) is 51.3 Å². The molecule has 1 unspecified atom stereocenters. The van der Waals surface area contributed by atoms with Crippen molar-refractivity contribution < 1.29 is 23.8 Å². The molecule has 0 radical (unpaired) electrons. The van der Waals surface area contributed by atoms with Crippen LogP contribution < -0.4 is 4.74 Å². The van der Waals surface area contributed by atoms with Crippen molar-refractivity contribution in [3.63, 3.8) is 0 Å². The minimum Gasteiger partial charge on any atom is -0.489 e. The largest absolute Gasteiger partial charge is 0.489 e. The third kappa shape index (κ3) is 6.73. The van der Waals surface area contributed by atoms with Gasteiger partial charge in [-0.2, -0.15) is 5.26 Å². The van der Waals surface area contributed by atoms with Gasteiger partial charge in [0.2, 0.25) is 0 Å². The molecule has 1 fully saturated rings. The Balaban J connectivity index is 1.25. The van der Waals surface area contributed by atoms with Crippen LogP contribution >= 0.6 is 0 Å². The molecule has 5 rings (SSSR count). The van der Waals surface area contributed by atoms with E-state index in [4.69, 9.17) is 19.7 Å². The van der Waals surface area contributed by atoms with E-state index >= 15 is 0 Å². The maximum absolute atomic E-state index is 14.2. The lowest BCUT2D eigenvalue weighted by molar-refractivity contribution is -0.132. The summed E-state index contributed by atoms with van der Waals surface area (Å²) in [6.45, 7) is 7.37. The molecule has 8 nitrogen and oxygen atoms in total. The molecule has 212 valence electrons. The van der Waals surface area contributed by atoms with Gasteiger partial charge in [-0.3, -0.25) is 4.90 Å². The number of imidazole rings is 1. The van der Waals surface area contributed by atoms with Crippen LogP contribution in [0.4, 0.5) is 4.39 Å². The summed E-state index contributed by atoms with van der Waals surface area (Å²) in [6.07, 6.45) is 5.88. The molecule has 1 saturated heterocycles. The van der Waals surface area contributed by atoms with E-state index in [1.807, 2.05) is 31.2 Å². The van der Waals surface area contributed by atoms with Crippen LogP contribution in [-0.2, 0) is 29.2 Å². The van der Waals surface area contributed by atoms with Crippen molar-refractivity contribution in [1.29, 1.82) is 5.26 Å². The summed E-state index contributed by atoms with van der Waals surface area (Å²) >= 11 is 0. The molecule has 0 aliphatic carbocycles. The molecule has 0 amide bonds. The maximum atomic E-state index is 14.2. The second kappa shape index (κ2) is 12.5. The third-order valence-electron chi connectivity index (χ3n) is 7.65. The van der Waals surface area contributed by atoms with E-state index in [1.54, 1.807) is 25.1 Å². The van der Waals surface area contributed by atoms with Gasteiger partial charge in [0.05, 0.1) is 36.5 Å². The lowest BCUT2D eigenvalue weighted by atomic mass is 9.99. The van der Waals surface area contributed by atoms with E-state index < -0.39 is 11.8 Å². The molecule has 3 aromatic rings. The van der Waals surface area contributed by atoms with Crippen LogP contribution in [0.3, 0.4) is 0 Å². The van der Waals surface area contributed by atoms with Crippen LogP contribution in [0.1, 0.15) is 53.7 Å². The Morgan fingerprint density at radius 2 is 2.15 bits per heavy atom. The normalized spacial score (nSPS) is 17.5. The fraction of sp³-hybridized carbons (Fsp3) is 0.344. The number of carbonyl (C=O) groups is 1. The number of ether oxygens (including phenoxy) is 2. The highest BCUT2D eigenvalue weighted by Crippen LogP contribution is 2.28. The molecule has 2 aromatic carbocycles. The van der Waals surface area contributed by atoms with E-state index in [1.165, 1.54) is 11.6 Å². The minimum atomic E-state index is -0.951. The highest BCUT2D eigenvalue weighted by atomic mass is 19.1. The molecule has 1 aromatic heterocycles. The lowest BCUT2D eigenvalue weighted by Gasteiger charge is -2.29. The topological polar surface area (TPSA) is 101 Å². The number of hydrogen-bond donors (Lipinski definition) is 1. The first-order chi connectivity index (χ1) is 19.8. The number of aromatic nitrogens is 2. The van der Waals surface area contributed by atoms with Crippen molar-refractivity contribution in [2.45, 2.75) is 52.5 Å². The number of aliphatic carboxylic acids is 1. The fourth-order valence-corrected chi connectivity index (χ4v) is 5.01. The van der Waals surface area contributed by atoms with Gasteiger partial charge in [-0.25, -0.2) is 14.2 Å². The predicted molar refractivity (Wildman–Crippen MR) is 152 cm³/mol. The van der Waals surface area contributed by atoms with Crippen LogP contribution in [0.25, 0.3) is 11.6 Å². The van der Waals surface area contributed by atoms with Crippen molar-refractivity contribution in [2.75, 3.05) is 19.7 Å². The first-order valence-corrected chi connectivity index (χ1v) is 13.7. The maximum Gasteiger partial charge on any atom is 0.331 e. The summed E-state index contributed by atoms with van der Waals surface area (Å²) in [5, 5.41) is 18.3. The van der Waals surface area contributed by atoms with Crippen molar-refractivity contribution >= 4 is 17.6 Å². The molecule has 2 aliphatic rings. The van der Waals surface area contributed by atoms with E-state index in [-0.39, 0.29) is 23.8 Å². The summed E-state index contributed by atoms with van der Waals surface area (Å²) < 4.78 is 27.9. The fourth-order valence-electron chi connectivity index (χ4n) is 5.01. The van der Waals surface area contributed by atoms with Crippen molar-refractivity contribution in [3.8, 4) is 11.8 Å². The quantitative estimate of drug-likeness (QED) is 0.336. The smallest absolute Gasteiger partial charge is 0.331 e. The lowest BCUT2D eigenvalue weighted by Crippen LogP contribution is -2.34. The average molecular weight is 557 g/mol. The summed E-state index contributed by atoms with van der Waals surface area (Å²) in [4.78, 5) is 18.6. The van der Waals surface area contributed by atoms with Gasteiger partial charge in [-0.15, -0.1) is 0 Å². The monoisotopic (exact) mass is 556 g/mol. The zero-order valence-electron chi connectivity index (χ0n) is 23.3. The number of carboxylic acid groups (broad SMARTS) is 1. The van der Waals surface area contributed by atoms with Crippen molar-refractivity contribution in [3.05, 3.63) is 93.8 Å². The number of carboxylic acids is 1. The van der Waals surface area contributed by atoms with Crippen LogP contribution in [0.5, 0.6) is 5.75 Å². The van der Waals surface area contributed by atoms with Gasteiger partial charge in [0.1, 0.15) is 24.0 Å². The Bertz CT molecular complexity index is 1550.